The van der Waals surface area contributed by atoms with E-state index in [0.29, 0.717) is 5.92 Å². The predicted molar refractivity (Wildman–Crippen MR) is 48.7 cm³/mol. The van der Waals surface area contributed by atoms with Gasteiger partial charge >= 0.3 is 0 Å². The molecule has 2 heteroatoms. The maximum atomic E-state index is 5.40. The molecule has 0 fully saturated rings. The highest BCUT2D eigenvalue weighted by molar-refractivity contribution is 9.09. The largest absolute Gasteiger partial charge is 0.381 e. The number of halogens is 1. The van der Waals surface area contributed by atoms with Crippen molar-refractivity contribution in [1.82, 2.24) is 0 Å². The average Bonchev–Trinajstić information content (AvgIpc) is 1.99. The molecular weight excluding hydrogens is 192 g/mol. The van der Waals surface area contributed by atoms with Gasteiger partial charge in [0.1, 0.15) is 0 Å². The third kappa shape index (κ3) is 5.24. The summed E-state index contributed by atoms with van der Waals surface area (Å²) < 4.78 is 5.40. The standard InChI is InChI=1S/C8H17BrO/c1-3-5-10-7-8(4-2)6-9/h8H,3-7H2,1-2H3. The zero-order valence-electron chi connectivity index (χ0n) is 6.90. The highest BCUT2D eigenvalue weighted by Gasteiger charge is 2.02. The molecule has 0 radical (unpaired) electrons. The first-order valence-corrected chi connectivity index (χ1v) is 5.11. The molecule has 1 unspecified atom stereocenters. The third-order valence-electron chi connectivity index (χ3n) is 1.50. The zero-order valence-corrected chi connectivity index (χ0v) is 8.49. The molecule has 0 spiro atoms. The zero-order chi connectivity index (χ0) is 7.82. The highest BCUT2D eigenvalue weighted by Crippen LogP contribution is 2.06. The third-order valence-corrected chi connectivity index (χ3v) is 2.41. The molecule has 1 atom stereocenters. The van der Waals surface area contributed by atoms with E-state index < -0.39 is 0 Å². The average molecular weight is 209 g/mol. The fourth-order valence-electron chi connectivity index (χ4n) is 0.666. The minimum Gasteiger partial charge on any atom is -0.381 e. The van der Waals surface area contributed by atoms with Crippen molar-refractivity contribution in [1.29, 1.82) is 0 Å². The monoisotopic (exact) mass is 208 g/mol. The van der Waals surface area contributed by atoms with Crippen LogP contribution >= 0.6 is 15.9 Å². The van der Waals surface area contributed by atoms with E-state index >= 15 is 0 Å². The Balaban J connectivity index is 3.09. The van der Waals surface area contributed by atoms with Crippen molar-refractivity contribution in [2.75, 3.05) is 18.5 Å². The Morgan fingerprint density at radius 3 is 2.50 bits per heavy atom. The van der Waals surface area contributed by atoms with Crippen molar-refractivity contribution >= 4 is 15.9 Å². The first kappa shape index (κ1) is 10.4. The Morgan fingerprint density at radius 1 is 1.40 bits per heavy atom. The molecule has 0 aromatic carbocycles. The van der Waals surface area contributed by atoms with Crippen molar-refractivity contribution in [2.24, 2.45) is 5.92 Å². The highest BCUT2D eigenvalue weighted by atomic mass is 79.9. The molecule has 10 heavy (non-hydrogen) atoms. The topological polar surface area (TPSA) is 9.23 Å². The summed E-state index contributed by atoms with van der Waals surface area (Å²) in [6.07, 6.45) is 2.33. The van der Waals surface area contributed by atoms with Gasteiger partial charge in [0.15, 0.2) is 0 Å². The second-order valence-corrected chi connectivity index (χ2v) is 3.15. The first-order chi connectivity index (χ1) is 4.85. The van der Waals surface area contributed by atoms with Gasteiger partial charge in [-0.1, -0.05) is 36.2 Å². The van der Waals surface area contributed by atoms with Crippen molar-refractivity contribution < 1.29 is 4.74 Å². The van der Waals surface area contributed by atoms with Crippen LogP contribution in [0.15, 0.2) is 0 Å². The van der Waals surface area contributed by atoms with E-state index in [0.717, 1.165) is 25.0 Å². The van der Waals surface area contributed by atoms with Gasteiger partial charge in [-0.15, -0.1) is 0 Å². The van der Waals surface area contributed by atoms with E-state index in [1.54, 1.807) is 0 Å². The van der Waals surface area contributed by atoms with E-state index in [1.807, 2.05) is 0 Å². The Bertz CT molecular complexity index is 62.3. The molecule has 0 heterocycles. The second kappa shape index (κ2) is 7.55. The van der Waals surface area contributed by atoms with Crippen LogP contribution in [0.5, 0.6) is 0 Å². The molecule has 0 N–H and O–H groups in total. The van der Waals surface area contributed by atoms with Crippen LogP contribution in [0.2, 0.25) is 0 Å². The summed E-state index contributed by atoms with van der Waals surface area (Å²) in [6, 6.07) is 0. The van der Waals surface area contributed by atoms with E-state index in [2.05, 4.69) is 29.8 Å². The van der Waals surface area contributed by atoms with Crippen molar-refractivity contribution in [3.05, 3.63) is 0 Å². The van der Waals surface area contributed by atoms with Gasteiger partial charge in [-0.05, 0) is 12.3 Å². The minimum atomic E-state index is 0.701. The summed E-state index contributed by atoms with van der Waals surface area (Å²) >= 11 is 3.45. The lowest BCUT2D eigenvalue weighted by molar-refractivity contribution is 0.106. The van der Waals surface area contributed by atoms with Crippen LogP contribution in [0.4, 0.5) is 0 Å². The maximum absolute atomic E-state index is 5.40. The maximum Gasteiger partial charge on any atom is 0.0502 e. The first-order valence-electron chi connectivity index (χ1n) is 3.98. The Kier molecular flexibility index (Phi) is 7.88. The summed E-state index contributed by atoms with van der Waals surface area (Å²) in [7, 11) is 0. The molecular formula is C8H17BrO. The van der Waals surface area contributed by atoms with Gasteiger partial charge in [0.25, 0.3) is 0 Å². The van der Waals surface area contributed by atoms with Crippen LogP contribution < -0.4 is 0 Å². The quantitative estimate of drug-likeness (QED) is 0.482. The SMILES string of the molecule is CCCOCC(CC)CBr. The fourth-order valence-corrected chi connectivity index (χ4v) is 1.31. The molecule has 0 rings (SSSR count). The predicted octanol–water partition coefficient (Wildman–Crippen LogP) is 2.83. The van der Waals surface area contributed by atoms with Crippen LogP contribution in [0.25, 0.3) is 0 Å². The normalized spacial score (nSPS) is 13.5. The van der Waals surface area contributed by atoms with Crippen molar-refractivity contribution in [3.63, 3.8) is 0 Å². The summed E-state index contributed by atoms with van der Waals surface area (Å²) in [5, 5.41) is 1.06. The van der Waals surface area contributed by atoms with Gasteiger partial charge in [0.2, 0.25) is 0 Å². The Labute approximate surface area is 72.3 Å². The molecule has 0 aliphatic rings. The summed E-state index contributed by atoms with van der Waals surface area (Å²) in [6.45, 7) is 6.15. The number of ether oxygens (including phenoxy) is 1. The molecule has 0 bridgehead atoms. The molecule has 0 aliphatic carbocycles. The molecule has 0 saturated heterocycles. The van der Waals surface area contributed by atoms with Crippen LogP contribution in [-0.2, 0) is 4.74 Å². The summed E-state index contributed by atoms with van der Waals surface area (Å²) in [5.74, 6) is 0.701. The lowest BCUT2D eigenvalue weighted by Gasteiger charge is -2.10. The lowest BCUT2D eigenvalue weighted by atomic mass is 10.1. The number of alkyl halides is 1. The Morgan fingerprint density at radius 2 is 2.10 bits per heavy atom. The molecule has 0 aliphatic heterocycles. The number of rotatable bonds is 6. The number of hydrogen-bond donors (Lipinski definition) is 0. The van der Waals surface area contributed by atoms with Crippen LogP contribution in [0, 0.1) is 5.92 Å². The minimum absolute atomic E-state index is 0.701. The van der Waals surface area contributed by atoms with Gasteiger partial charge in [-0.3, -0.25) is 0 Å². The van der Waals surface area contributed by atoms with Crippen molar-refractivity contribution in [2.45, 2.75) is 26.7 Å². The van der Waals surface area contributed by atoms with E-state index in [9.17, 15) is 0 Å². The molecule has 0 aromatic rings. The number of hydrogen-bond acceptors (Lipinski definition) is 1. The summed E-state index contributed by atoms with van der Waals surface area (Å²) in [4.78, 5) is 0. The molecule has 62 valence electrons. The molecule has 0 amide bonds. The van der Waals surface area contributed by atoms with Crippen LogP contribution in [-0.4, -0.2) is 18.5 Å². The fraction of sp³-hybridized carbons (Fsp3) is 1.00. The van der Waals surface area contributed by atoms with Crippen molar-refractivity contribution in [3.8, 4) is 0 Å². The lowest BCUT2D eigenvalue weighted by Crippen LogP contribution is -2.10. The molecule has 1 nitrogen and oxygen atoms in total. The molecule has 0 aromatic heterocycles. The van der Waals surface area contributed by atoms with Gasteiger partial charge in [-0.2, -0.15) is 0 Å². The van der Waals surface area contributed by atoms with Gasteiger partial charge in [0, 0.05) is 11.9 Å². The van der Waals surface area contributed by atoms with Crippen LogP contribution in [0.1, 0.15) is 26.7 Å². The van der Waals surface area contributed by atoms with E-state index in [4.69, 9.17) is 4.74 Å². The summed E-state index contributed by atoms with van der Waals surface area (Å²) in [5.41, 5.74) is 0. The van der Waals surface area contributed by atoms with E-state index in [-0.39, 0.29) is 0 Å². The van der Waals surface area contributed by atoms with E-state index in [1.165, 1.54) is 6.42 Å². The second-order valence-electron chi connectivity index (χ2n) is 2.50. The van der Waals surface area contributed by atoms with Crippen LogP contribution in [0.3, 0.4) is 0 Å². The smallest absolute Gasteiger partial charge is 0.0502 e. The van der Waals surface area contributed by atoms with Gasteiger partial charge in [0.05, 0.1) is 6.61 Å². The van der Waals surface area contributed by atoms with Gasteiger partial charge in [-0.25, -0.2) is 0 Å². The molecule has 0 saturated carbocycles. The Hall–Kier alpha value is 0.440. The van der Waals surface area contributed by atoms with Gasteiger partial charge < -0.3 is 4.74 Å².